The Labute approximate surface area is 147 Å². The van der Waals surface area contributed by atoms with Crippen LogP contribution in [0.25, 0.3) is 0 Å². The van der Waals surface area contributed by atoms with E-state index in [0.29, 0.717) is 24.0 Å². The van der Waals surface area contributed by atoms with Crippen molar-refractivity contribution in [2.75, 3.05) is 26.2 Å². The van der Waals surface area contributed by atoms with Crippen molar-refractivity contribution in [1.82, 2.24) is 9.21 Å². The summed E-state index contributed by atoms with van der Waals surface area (Å²) in [5.74, 6) is -3.65. The highest BCUT2D eigenvalue weighted by Crippen LogP contribution is 2.18. The van der Waals surface area contributed by atoms with Crippen molar-refractivity contribution in [2.24, 2.45) is 0 Å². The number of hydrogen-bond acceptors (Lipinski definition) is 5. The lowest BCUT2D eigenvalue weighted by molar-refractivity contribution is -0.159. The van der Waals surface area contributed by atoms with Crippen molar-refractivity contribution in [3.63, 3.8) is 0 Å². The second kappa shape index (κ2) is 8.93. The van der Waals surface area contributed by atoms with Crippen LogP contribution in [0, 0.1) is 6.92 Å². The Kier molecular flexibility index (Phi) is 7.53. The lowest BCUT2D eigenvalue weighted by Gasteiger charge is -2.36. The van der Waals surface area contributed by atoms with Crippen molar-refractivity contribution in [3.8, 4) is 0 Å². The molecular formula is C16H24N2O6S. The maximum atomic E-state index is 12.5. The van der Waals surface area contributed by atoms with Gasteiger partial charge in [-0.3, -0.25) is 4.90 Å². The quantitative estimate of drug-likeness (QED) is 0.756. The first kappa shape index (κ1) is 21.1. The van der Waals surface area contributed by atoms with Gasteiger partial charge in [0.15, 0.2) is 0 Å². The molecule has 1 aromatic carbocycles. The molecule has 0 atom stereocenters. The highest BCUT2D eigenvalue weighted by atomic mass is 32.2. The molecule has 8 nitrogen and oxygen atoms in total. The number of carbonyl (C=O) groups is 2. The molecule has 0 spiro atoms. The van der Waals surface area contributed by atoms with Gasteiger partial charge in [-0.05, 0) is 32.9 Å². The number of aryl methyl sites for hydroxylation is 1. The maximum Gasteiger partial charge on any atom is 0.414 e. The van der Waals surface area contributed by atoms with E-state index in [1.54, 1.807) is 16.4 Å². The van der Waals surface area contributed by atoms with E-state index >= 15 is 0 Å². The number of nitrogens with zero attached hydrogens (tertiary/aromatic N) is 2. The van der Waals surface area contributed by atoms with Crippen LogP contribution in [0.4, 0.5) is 0 Å². The van der Waals surface area contributed by atoms with Crippen LogP contribution in [0.3, 0.4) is 0 Å². The van der Waals surface area contributed by atoms with Gasteiger partial charge >= 0.3 is 11.9 Å². The lowest BCUT2D eigenvalue weighted by Crippen LogP contribution is -2.50. The first-order valence-electron chi connectivity index (χ1n) is 7.82. The van der Waals surface area contributed by atoms with Gasteiger partial charge in [-0.25, -0.2) is 18.0 Å². The molecule has 1 saturated heterocycles. The smallest absolute Gasteiger partial charge is 0.414 e. The van der Waals surface area contributed by atoms with Crippen LogP contribution in [0.5, 0.6) is 0 Å². The highest BCUT2D eigenvalue weighted by Gasteiger charge is 2.28. The molecule has 140 valence electrons. The van der Waals surface area contributed by atoms with Gasteiger partial charge in [0.1, 0.15) is 0 Å². The summed E-state index contributed by atoms with van der Waals surface area (Å²) < 4.78 is 26.6. The van der Waals surface area contributed by atoms with Gasteiger partial charge in [-0.1, -0.05) is 17.7 Å². The summed E-state index contributed by atoms with van der Waals surface area (Å²) in [7, 11) is -3.32. The first-order chi connectivity index (χ1) is 11.6. The molecule has 0 unspecified atom stereocenters. The summed E-state index contributed by atoms with van der Waals surface area (Å²) in [5, 5.41) is 14.8. The zero-order chi connectivity index (χ0) is 19.2. The van der Waals surface area contributed by atoms with Crippen LogP contribution < -0.4 is 0 Å². The highest BCUT2D eigenvalue weighted by molar-refractivity contribution is 7.89. The predicted octanol–water partition coefficient (Wildman–Crippen LogP) is 0.865. The van der Waals surface area contributed by atoms with Gasteiger partial charge < -0.3 is 10.2 Å². The summed E-state index contributed by atoms with van der Waals surface area (Å²) in [6.45, 7) is 9.01. The van der Waals surface area contributed by atoms with E-state index in [2.05, 4.69) is 18.7 Å². The van der Waals surface area contributed by atoms with E-state index in [9.17, 15) is 8.42 Å². The Morgan fingerprint density at radius 1 is 0.960 bits per heavy atom. The van der Waals surface area contributed by atoms with Crippen LogP contribution >= 0.6 is 0 Å². The molecule has 0 saturated carbocycles. The van der Waals surface area contributed by atoms with Gasteiger partial charge in [0.2, 0.25) is 10.0 Å². The predicted molar refractivity (Wildman–Crippen MR) is 91.9 cm³/mol. The summed E-state index contributed by atoms with van der Waals surface area (Å²) in [6, 6.07) is 7.55. The topological polar surface area (TPSA) is 115 Å². The first-order valence-corrected chi connectivity index (χ1v) is 9.26. The molecule has 1 fully saturated rings. The number of carboxylic acids is 2. The molecule has 2 rings (SSSR count). The number of benzene rings is 1. The number of piperazine rings is 1. The molecule has 1 heterocycles. The van der Waals surface area contributed by atoms with Gasteiger partial charge in [-0.15, -0.1) is 0 Å². The molecule has 9 heteroatoms. The Morgan fingerprint density at radius 3 is 1.76 bits per heavy atom. The Bertz CT molecular complexity index is 680. The third kappa shape index (κ3) is 6.11. The second-order valence-electron chi connectivity index (χ2n) is 5.96. The van der Waals surface area contributed by atoms with Crippen molar-refractivity contribution >= 4 is 22.0 Å². The zero-order valence-corrected chi connectivity index (χ0v) is 15.4. The minimum atomic E-state index is -3.32. The zero-order valence-electron chi connectivity index (χ0n) is 14.5. The molecule has 0 aromatic heterocycles. The molecule has 0 aliphatic carbocycles. The monoisotopic (exact) mass is 372 g/mol. The minimum absolute atomic E-state index is 0.399. The molecule has 0 amide bonds. The van der Waals surface area contributed by atoms with Gasteiger partial charge in [0.05, 0.1) is 4.90 Å². The van der Waals surface area contributed by atoms with Crippen molar-refractivity contribution in [3.05, 3.63) is 29.8 Å². The van der Waals surface area contributed by atoms with Gasteiger partial charge in [0.25, 0.3) is 0 Å². The Hall–Kier alpha value is -1.97. The standard InChI is InChI=1S/C14H22N2O2S.C2H2O4/c1-12(2)15-8-10-16(11-9-15)19(17,18)14-6-4-13(3)5-7-14;3-1(4)2(5)6/h4-7,12H,8-11H2,1-3H3;(H,3,4)(H,5,6). The molecule has 1 aliphatic heterocycles. The Balaban J connectivity index is 0.000000450. The Morgan fingerprint density at radius 2 is 1.40 bits per heavy atom. The third-order valence-corrected chi connectivity index (χ3v) is 5.76. The van der Waals surface area contributed by atoms with E-state index in [4.69, 9.17) is 19.8 Å². The normalized spacial score (nSPS) is 16.2. The molecule has 0 bridgehead atoms. The molecular weight excluding hydrogens is 348 g/mol. The fourth-order valence-corrected chi connectivity index (χ4v) is 3.74. The van der Waals surface area contributed by atoms with E-state index in [0.717, 1.165) is 18.7 Å². The molecule has 1 aliphatic rings. The van der Waals surface area contributed by atoms with E-state index in [-0.39, 0.29) is 0 Å². The average Bonchev–Trinajstić information content (AvgIpc) is 2.55. The molecule has 2 N–H and O–H groups in total. The van der Waals surface area contributed by atoms with Crippen molar-refractivity contribution in [1.29, 1.82) is 0 Å². The SMILES string of the molecule is Cc1ccc(S(=O)(=O)N2CCN(C(C)C)CC2)cc1.O=C(O)C(=O)O. The number of sulfonamides is 1. The summed E-state index contributed by atoms with van der Waals surface area (Å²) >= 11 is 0. The number of carboxylic acid groups (broad SMARTS) is 2. The lowest BCUT2D eigenvalue weighted by atomic mass is 10.2. The number of hydrogen-bond donors (Lipinski definition) is 2. The van der Waals surface area contributed by atoms with Gasteiger partial charge in [-0.2, -0.15) is 4.31 Å². The van der Waals surface area contributed by atoms with Crippen LogP contribution in [-0.2, 0) is 19.6 Å². The maximum absolute atomic E-state index is 12.5. The van der Waals surface area contributed by atoms with E-state index < -0.39 is 22.0 Å². The minimum Gasteiger partial charge on any atom is -0.473 e. The summed E-state index contributed by atoms with van der Waals surface area (Å²) in [5.41, 5.74) is 1.07. The van der Waals surface area contributed by atoms with Crippen molar-refractivity contribution in [2.45, 2.75) is 31.7 Å². The number of rotatable bonds is 3. The second-order valence-corrected chi connectivity index (χ2v) is 7.90. The molecule has 0 radical (unpaired) electrons. The average molecular weight is 372 g/mol. The fourth-order valence-electron chi connectivity index (χ4n) is 2.32. The number of aliphatic carboxylic acids is 2. The van der Waals surface area contributed by atoms with Crippen molar-refractivity contribution < 1.29 is 28.2 Å². The third-order valence-electron chi connectivity index (χ3n) is 3.85. The van der Waals surface area contributed by atoms with Crippen LogP contribution in [0.2, 0.25) is 0 Å². The molecule has 1 aromatic rings. The van der Waals surface area contributed by atoms with Crippen LogP contribution in [0.15, 0.2) is 29.2 Å². The summed E-state index contributed by atoms with van der Waals surface area (Å²) in [6.07, 6.45) is 0. The largest absolute Gasteiger partial charge is 0.473 e. The van der Waals surface area contributed by atoms with E-state index in [1.165, 1.54) is 0 Å². The van der Waals surface area contributed by atoms with E-state index in [1.807, 2.05) is 19.1 Å². The molecule has 25 heavy (non-hydrogen) atoms. The van der Waals surface area contributed by atoms with Crippen LogP contribution in [0.1, 0.15) is 19.4 Å². The fraction of sp³-hybridized carbons (Fsp3) is 0.500. The van der Waals surface area contributed by atoms with Crippen LogP contribution in [-0.4, -0.2) is 72.0 Å². The van der Waals surface area contributed by atoms with Gasteiger partial charge in [0, 0.05) is 32.2 Å². The summed E-state index contributed by atoms with van der Waals surface area (Å²) in [4.78, 5) is 20.9.